The highest BCUT2D eigenvalue weighted by molar-refractivity contribution is 9.10. The number of ether oxygens (including phenoxy) is 1. The second-order valence-electron chi connectivity index (χ2n) is 4.70. The molecule has 0 radical (unpaired) electrons. The van der Waals surface area contributed by atoms with E-state index in [9.17, 15) is 0 Å². The zero-order chi connectivity index (χ0) is 14.4. The number of nitrogens with one attached hydrogen (secondary N) is 1. The van der Waals surface area contributed by atoms with Crippen LogP contribution in [0.15, 0.2) is 34.9 Å². The molecule has 0 atom stereocenters. The molecule has 0 bridgehead atoms. The molecule has 5 heteroatoms. The molecule has 0 aliphatic carbocycles. The summed E-state index contributed by atoms with van der Waals surface area (Å²) in [5.74, 6) is 0.905. The monoisotopic (exact) mass is 337 g/mol. The number of rotatable bonds is 7. The van der Waals surface area contributed by atoms with Crippen LogP contribution in [0.2, 0.25) is 0 Å². The van der Waals surface area contributed by atoms with Crippen molar-refractivity contribution in [3.05, 3.63) is 46.2 Å². The summed E-state index contributed by atoms with van der Waals surface area (Å²) in [5.41, 5.74) is 2.09. The van der Waals surface area contributed by atoms with Crippen LogP contribution in [-0.4, -0.2) is 16.3 Å². The Morgan fingerprint density at radius 2 is 2.20 bits per heavy atom. The standard InChI is InChI=1S/C15H20BrN3O/c1-3-7-17-10-12-9-13(16)4-5-15(12)20-11-14-6-8-19(2)18-14/h4-6,8-9,17H,3,7,10-11H2,1-2H3. The second-order valence-corrected chi connectivity index (χ2v) is 5.61. The first-order chi connectivity index (χ1) is 9.69. The van der Waals surface area contributed by atoms with Crippen molar-refractivity contribution in [3.63, 3.8) is 0 Å². The number of halogens is 1. The Labute approximate surface area is 128 Å². The van der Waals surface area contributed by atoms with E-state index in [-0.39, 0.29) is 0 Å². The quantitative estimate of drug-likeness (QED) is 0.788. The third-order valence-electron chi connectivity index (χ3n) is 2.91. The molecule has 1 aromatic carbocycles. The first-order valence-corrected chi connectivity index (χ1v) is 7.59. The van der Waals surface area contributed by atoms with Gasteiger partial charge in [-0.1, -0.05) is 22.9 Å². The number of aryl methyl sites for hydroxylation is 1. The Hall–Kier alpha value is -1.33. The third-order valence-corrected chi connectivity index (χ3v) is 3.40. The minimum atomic E-state index is 0.489. The lowest BCUT2D eigenvalue weighted by Gasteiger charge is -2.12. The first kappa shape index (κ1) is 15.1. The smallest absolute Gasteiger partial charge is 0.132 e. The maximum absolute atomic E-state index is 5.89. The molecular formula is C15H20BrN3O. The van der Waals surface area contributed by atoms with E-state index in [2.05, 4.69) is 39.3 Å². The van der Waals surface area contributed by atoms with Gasteiger partial charge in [-0.15, -0.1) is 0 Å². The van der Waals surface area contributed by atoms with Crippen molar-refractivity contribution < 1.29 is 4.74 Å². The fourth-order valence-electron chi connectivity index (χ4n) is 1.92. The molecular weight excluding hydrogens is 318 g/mol. The van der Waals surface area contributed by atoms with Crippen molar-refractivity contribution in [1.82, 2.24) is 15.1 Å². The number of nitrogens with zero attached hydrogens (tertiary/aromatic N) is 2. The van der Waals surface area contributed by atoms with Gasteiger partial charge in [0.2, 0.25) is 0 Å². The SMILES string of the molecule is CCCNCc1cc(Br)ccc1OCc1ccn(C)n1. The van der Waals surface area contributed by atoms with Crippen molar-refractivity contribution in [3.8, 4) is 5.75 Å². The van der Waals surface area contributed by atoms with Crippen LogP contribution in [0, 0.1) is 0 Å². The van der Waals surface area contributed by atoms with Gasteiger partial charge in [0.25, 0.3) is 0 Å². The molecule has 0 saturated carbocycles. The van der Waals surface area contributed by atoms with Crippen LogP contribution >= 0.6 is 15.9 Å². The molecule has 0 aliphatic heterocycles. The summed E-state index contributed by atoms with van der Waals surface area (Å²) >= 11 is 3.51. The molecule has 0 unspecified atom stereocenters. The lowest BCUT2D eigenvalue weighted by atomic mass is 10.2. The summed E-state index contributed by atoms with van der Waals surface area (Å²) < 4.78 is 8.73. The molecule has 108 valence electrons. The minimum Gasteiger partial charge on any atom is -0.487 e. The molecule has 0 amide bonds. The summed E-state index contributed by atoms with van der Waals surface area (Å²) in [6.07, 6.45) is 3.04. The zero-order valence-corrected chi connectivity index (χ0v) is 13.5. The van der Waals surface area contributed by atoms with E-state index in [4.69, 9.17) is 4.74 Å². The fourth-order valence-corrected chi connectivity index (χ4v) is 2.33. The molecule has 0 aliphatic rings. The van der Waals surface area contributed by atoms with Crippen molar-refractivity contribution in [1.29, 1.82) is 0 Å². The van der Waals surface area contributed by atoms with E-state index >= 15 is 0 Å². The van der Waals surface area contributed by atoms with E-state index in [0.717, 1.165) is 41.0 Å². The van der Waals surface area contributed by atoms with Crippen LogP contribution in [-0.2, 0) is 20.2 Å². The third kappa shape index (κ3) is 4.35. The molecule has 20 heavy (non-hydrogen) atoms. The van der Waals surface area contributed by atoms with Gasteiger partial charge in [0, 0.05) is 29.8 Å². The van der Waals surface area contributed by atoms with Crippen LogP contribution < -0.4 is 10.1 Å². The lowest BCUT2D eigenvalue weighted by Crippen LogP contribution is -2.14. The van der Waals surface area contributed by atoms with Gasteiger partial charge < -0.3 is 10.1 Å². The van der Waals surface area contributed by atoms with Crippen LogP contribution in [0.25, 0.3) is 0 Å². The summed E-state index contributed by atoms with van der Waals surface area (Å²) in [7, 11) is 1.91. The number of aromatic nitrogens is 2. The van der Waals surface area contributed by atoms with Gasteiger partial charge in [-0.05, 0) is 37.2 Å². The second kappa shape index (κ2) is 7.45. The van der Waals surface area contributed by atoms with Gasteiger partial charge in [-0.2, -0.15) is 5.10 Å². The average molecular weight is 338 g/mol. The number of hydrogen-bond acceptors (Lipinski definition) is 3. The molecule has 1 aromatic heterocycles. The lowest BCUT2D eigenvalue weighted by molar-refractivity contribution is 0.296. The zero-order valence-electron chi connectivity index (χ0n) is 11.9. The highest BCUT2D eigenvalue weighted by Gasteiger charge is 2.06. The maximum atomic E-state index is 5.89. The van der Waals surface area contributed by atoms with Gasteiger partial charge in [-0.3, -0.25) is 4.68 Å². The Balaban J connectivity index is 2.01. The molecule has 4 nitrogen and oxygen atoms in total. The summed E-state index contributed by atoms with van der Waals surface area (Å²) in [6.45, 7) is 4.46. The van der Waals surface area contributed by atoms with Gasteiger partial charge in [0.1, 0.15) is 12.4 Å². The molecule has 1 heterocycles. The minimum absolute atomic E-state index is 0.489. The van der Waals surface area contributed by atoms with E-state index in [1.807, 2.05) is 31.4 Å². The molecule has 0 fully saturated rings. The molecule has 0 saturated heterocycles. The molecule has 1 N–H and O–H groups in total. The Kier molecular flexibility index (Phi) is 5.61. The van der Waals surface area contributed by atoms with Crippen molar-refractivity contribution in [2.75, 3.05) is 6.54 Å². The normalized spacial score (nSPS) is 10.8. The Bertz CT molecular complexity index is 554. The van der Waals surface area contributed by atoms with Crippen molar-refractivity contribution in [2.24, 2.45) is 7.05 Å². The van der Waals surface area contributed by atoms with Crippen LogP contribution in [0.4, 0.5) is 0 Å². The van der Waals surface area contributed by atoms with Gasteiger partial charge in [-0.25, -0.2) is 0 Å². The average Bonchev–Trinajstić information content (AvgIpc) is 2.84. The summed E-state index contributed by atoms with van der Waals surface area (Å²) in [6, 6.07) is 8.05. The summed E-state index contributed by atoms with van der Waals surface area (Å²) in [5, 5.41) is 7.72. The van der Waals surface area contributed by atoms with Crippen molar-refractivity contribution >= 4 is 15.9 Å². The van der Waals surface area contributed by atoms with Gasteiger partial charge >= 0.3 is 0 Å². The van der Waals surface area contributed by atoms with E-state index in [1.54, 1.807) is 4.68 Å². The predicted octanol–water partition coefficient (Wildman–Crippen LogP) is 3.26. The largest absolute Gasteiger partial charge is 0.487 e. The Morgan fingerprint density at radius 1 is 1.35 bits per heavy atom. The fraction of sp³-hybridized carbons (Fsp3) is 0.400. The van der Waals surface area contributed by atoms with E-state index in [0.29, 0.717) is 6.61 Å². The number of hydrogen-bond donors (Lipinski definition) is 1. The van der Waals surface area contributed by atoms with E-state index in [1.165, 1.54) is 0 Å². The molecule has 0 spiro atoms. The number of benzene rings is 1. The van der Waals surface area contributed by atoms with E-state index < -0.39 is 0 Å². The first-order valence-electron chi connectivity index (χ1n) is 6.79. The highest BCUT2D eigenvalue weighted by atomic mass is 79.9. The Morgan fingerprint density at radius 3 is 2.90 bits per heavy atom. The maximum Gasteiger partial charge on any atom is 0.132 e. The van der Waals surface area contributed by atoms with Crippen LogP contribution in [0.5, 0.6) is 5.75 Å². The topological polar surface area (TPSA) is 39.1 Å². The molecule has 2 aromatic rings. The highest BCUT2D eigenvalue weighted by Crippen LogP contribution is 2.24. The van der Waals surface area contributed by atoms with Crippen molar-refractivity contribution in [2.45, 2.75) is 26.5 Å². The van der Waals surface area contributed by atoms with Crippen LogP contribution in [0.3, 0.4) is 0 Å². The predicted molar refractivity (Wildman–Crippen MR) is 83.7 cm³/mol. The van der Waals surface area contributed by atoms with Crippen LogP contribution in [0.1, 0.15) is 24.6 Å². The molecule has 2 rings (SSSR count). The summed E-state index contributed by atoms with van der Waals surface area (Å²) in [4.78, 5) is 0. The van der Waals surface area contributed by atoms with Gasteiger partial charge in [0.05, 0.1) is 5.69 Å². The van der Waals surface area contributed by atoms with Gasteiger partial charge in [0.15, 0.2) is 0 Å².